The summed E-state index contributed by atoms with van der Waals surface area (Å²) in [5.41, 5.74) is 1.91. The van der Waals surface area contributed by atoms with Crippen LogP contribution in [0.1, 0.15) is 11.1 Å². The molecule has 0 saturated heterocycles. The maximum atomic E-state index is 13.1. The molecule has 0 saturated carbocycles. The van der Waals surface area contributed by atoms with E-state index in [1.165, 1.54) is 10.4 Å². The summed E-state index contributed by atoms with van der Waals surface area (Å²) in [6.45, 7) is 1.52. The van der Waals surface area contributed by atoms with Gasteiger partial charge >= 0.3 is 0 Å². The van der Waals surface area contributed by atoms with Crippen LogP contribution >= 0.6 is 0 Å². The average molecular weight is 347 g/mol. The summed E-state index contributed by atoms with van der Waals surface area (Å²) in [6.07, 6.45) is 3.07. The van der Waals surface area contributed by atoms with Gasteiger partial charge in [-0.3, -0.25) is 4.31 Å². The number of anilines is 1. The van der Waals surface area contributed by atoms with Crippen LogP contribution in [0.25, 0.3) is 0 Å². The van der Waals surface area contributed by atoms with Crippen molar-refractivity contribution in [3.8, 4) is 0 Å². The molecular formula is C18H21NO4S. The predicted molar refractivity (Wildman–Crippen MR) is 94.3 cm³/mol. The van der Waals surface area contributed by atoms with Crippen LogP contribution in [-0.4, -0.2) is 31.8 Å². The Morgan fingerprint density at radius 3 is 2.29 bits per heavy atom. The lowest BCUT2D eigenvalue weighted by Crippen LogP contribution is -2.32. The van der Waals surface area contributed by atoms with E-state index in [-0.39, 0.29) is 24.7 Å². The second kappa shape index (κ2) is 8.10. The molecule has 0 unspecified atom stereocenters. The fraction of sp³-hybridized carbons (Fsp3) is 0.222. The minimum atomic E-state index is -3.79. The monoisotopic (exact) mass is 347 g/mol. The molecule has 2 aromatic rings. The largest absolute Gasteiger partial charge is 0.392 e. The van der Waals surface area contributed by atoms with E-state index in [0.29, 0.717) is 11.3 Å². The quantitative estimate of drug-likeness (QED) is 0.753. The molecule has 0 radical (unpaired) electrons. The van der Waals surface area contributed by atoms with Crippen molar-refractivity contribution in [2.45, 2.75) is 18.4 Å². The van der Waals surface area contributed by atoms with Crippen LogP contribution in [0.4, 0.5) is 5.69 Å². The molecule has 0 aromatic heterocycles. The van der Waals surface area contributed by atoms with Crippen LogP contribution in [0.15, 0.2) is 65.6 Å². The SMILES string of the molecule is Cc1ccc(S(=O)(=O)N(C/C=C/CO)c2ccccc2CO)cc1. The van der Waals surface area contributed by atoms with Crippen molar-refractivity contribution in [2.24, 2.45) is 0 Å². The van der Waals surface area contributed by atoms with Crippen molar-refractivity contribution >= 4 is 15.7 Å². The number of aliphatic hydroxyl groups is 2. The number of hydrogen-bond donors (Lipinski definition) is 2. The Morgan fingerprint density at radius 2 is 1.67 bits per heavy atom. The highest BCUT2D eigenvalue weighted by molar-refractivity contribution is 7.92. The number of benzene rings is 2. The van der Waals surface area contributed by atoms with Crippen molar-refractivity contribution in [1.29, 1.82) is 0 Å². The summed E-state index contributed by atoms with van der Waals surface area (Å²) in [4.78, 5) is 0.179. The van der Waals surface area contributed by atoms with Gasteiger partial charge in [-0.1, -0.05) is 48.0 Å². The molecule has 0 fully saturated rings. The van der Waals surface area contributed by atoms with Gasteiger partial charge in [0.05, 0.1) is 30.3 Å². The smallest absolute Gasteiger partial charge is 0.264 e. The number of rotatable bonds is 7. The Kier molecular flexibility index (Phi) is 6.14. The molecule has 2 rings (SSSR count). The molecule has 0 aliphatic heterocycles. The average Bonchev–Trinajstić information content (AvgIpc) is 2.59. The first-order valence-electron chi connectivity index (χ1n) is 7.54. The molecule has 0 heterocycles. The van der Waals surface area contributed by atoms with Gasteiger partial charge in [0, 0.05) is 5.56 Å². The van der Waals surface area contributed by atoms with Gasteiger partial charge < -0.3 is 10.2 Å². The minimum absolute atomic E-state index is 0.0633. The van der Waals surface area contributed by atoms with Crippen molar-refractivity contribution in [3.05, 3.63) is 71.8 Å². The van der Waals surface area contributed by atoms with Crippen molar-refractivity contribution < 1.29 is 18.6 Å². The topological polar surface area (TPSA) is 77.8 Å². The maximum absolute atomic E-state index is 13.1. The van der Waals surface area contributed by atoms with E-state index >= 15 is 0 Å². The van der Waals surface area contributed by atoms with Crippen LogP contribution in [0, 0.1) is 6.92 Å². The fourth-order valence-corrected chi connectivity index (χ4v) is 3.75. The first-order valence-corrected chi connectivity index (χ1v) is 8.98. The van der Waals surface area contributed by atoms with Gasteiger partial charge in [0.15, 0.2) is 0 Å². The Balaban J connectivity index is 2.53. The summed E-state index contributed by atoms with van der Waals surface area (Å²) in [6, 6.07) is 13.4. The zero-order chi connectivity index (χ0) is 17.6. The molecule has 0 aliphatic carbocycles. The van der Waals surface area contributed by atoms with Crippen LogP contribution in [0.3, 0.4) is 0 Å². The fourth-order valence-electron chi connectivity index (χ4n) is 2.30. The molecule has 0 spiro atoms. The summed E-state index contributed by atoms with van der Waals surface area (Å²) < 4.78 is 27.3. The molecule has 2 N–H and O–H groups in total. The van der Waals surface area contributed by atoms with E-state index in [9.17, 15) is 13.5 Å². The van der Waals surface area contributed by atoms with Crippen LogP contribution in [0.2, 0.25) is 0 Å². The van der Waals surface area contributed by atoms with Gasteiger partial charge in [0.25, 0.3) is 10.0 Å². The molecule has 0 aliphatic rings. The van der Waals surface area contributed by atoms with Gasteiger partial charge in [0.1, 0.15) is 0 Å². The lowest BCUT2D eigenvalue weighted by atomic mass is 10.2. The van der Waals surface area contributed by atoms with Gasteiger partial charge in [-0.2, -0.15) is 0 Å². The number of para-hydroxylation sites is 1. The third kappa shape index (κ3) is 4.03. The van der Waals surface area contributed by atoms with E-state index in [4.69, 9.17) is 5.11 Å². The molecule has 24 heavy (non-hydrogen) atoms. The van der Waals surface area contributed by atoms with Gasteiger partial charge in [-0.15, -0.1) is 0 Å². The zero-order valence-corrected chi connectivity index (χ0v) is 14.3. The van der Waals surface area contributed by atoms with Crippen LogP contribution < -0.4 is 4.31 Å². The molecule has 6 heteroatoms. The standard InChI is InChI=1S/C18H21NO4S/c1-15-8-10-17(11-9-15)24(22,23)19(12-4-5-13-20)18-7-3-2-6-16(18)14-21/h2-11,20-21H,12-14H2,1H3/b5-4+. The molecule has 0 bridgehead atoms. The summed E-state index contributed by atoms with van der Waals surface area (Å²) in [7, 11) is -3.79. The number of nitrogens with zero attached hydrogens (tertiary/aromatic N) is 1. The Morgan fingerprint density at radius 1 is 1.00 bits per heavy atom. The van der Waals surface area contributed by atoms with Gasteiger partial charge in [-0.25, -0.2) is 8.42 Å². The second-order valence-corrected chi connectivity index (χ2v) is 7.15. The zero-order valence-electron chi connectivity index (χ0n) is 13.5. The molecule has 0 amide bonds. The Hall–Kier alpha value is -2.15. The van der Waals surface area contributed by atoms with E-state index in [1.807, 2.05) is 6.92 Å². The number of aliphatic hydroxyl groups excluding tert-OH is 2. The van der Waals surface area contributed by atoms with E-state index in [0.717, 1.165) is 5.56 Å². The summed E-state index contributed by atoms with van der Waals surface area (Å²) in [5.74, 6) is 0. The number of aryl methyl sites for hydroxylation is 1. The summed E-state index contributed by atoms with van der Waals surface area (Å²) >= 11 is 0. The van der Waals surface area contributed by atoms with E-state index in [1.54, 1.807) is 54.6 Å². The first-order chi connectivity index (χ1) is 11.5. The van der Waals surface area contributed by atoms with Crippen LogP contribution in [-0.2, 0) is 16.6 Å². The first kappa shape index (κ1) is 18.2. The Bertz CT molecular complexity index is 798. The molecule has 0 atom stereocenters. The Labute approximate surface area is 142 Å². The predicted octanol–water partition coefficient (Wildman–Crippen LogP) is 2.23. The van der Waals surface area contributed by atoms with E-state index in [2.05, 4.69) is 0 Å². The molecule has 5 nitrogen and oxygen atoms in total. The van der Waals surface area contributed by atoms with Gasteiger partial charge in [0.2, 0.25) is 0 Å². The van der Waals surface area contributed by atoms with Gasteiger partial charge in [-0.05, 0) is 25.1 Å². The highest BCUT2D eigenvalue weighted by Gasteiger charge is 2.25. The molecule has 2 aromatic carbocycles. The van der Waals surface area contributed by atoms with Crippen molar-refractivity contribution in [2.75, 3.05) is 17.5 Å². The molecular weight excluding hydrogens is 326 g/mol. The minimum Gasteiger partial charge on any atom is -0.392 e. The lowest BCUT2D eigenvalue weighted by molar-refractivity contribution is 0.282. The number of sulfonamides is 1. The third-order valence-electron chi connectivity index (χ3n) is 3.58. The third-order valence-corrected chi connectivity index (χ3v) is 5.38. The highest BCUT2D eigenvalue weighted by Crippen LogP contribution is 2.27. The number of hydrogen-bond acceptors (Lipinski definition) is 4. The van der Waals surface area contributed by atoms with Crippen molar-refractivity contribution in [1.82, 2.24) is 0 Å². The van der Waals surface area contributed by atoms with Crippen molar-refractivity contribution in [3.63, 3.8) is 0 Å². The highest BCUT2D eigenvalue weighted by atomic mass is 32.2. The second-order valence-electron chi connectivity index (χ2n) is 5.29. The van der Waals surface area contributed by atoms with E-state index < -0.39 is 10.0 Å². The normalized spacial score (nSPS) is 11.8. The maximum Gasteiger partial charge on any atom is 0.264 e. The summed E-state index contributed by atoms with van der Waals surface area (Å²) in [5, 5.41) is 18.4. The molecule has 128 valence electrons. The lowest BCUT2D eigenvalue weighted by Gasteiger charge is -2.25. The van der Waals surface area contributed by atoms with Crippen LogP contribution in [0.5, 0.6) is 0 Å².